The molecule has 0 radical (unpaired) electrons. The molecule has 1 aliphatic rings. The number of hydrogen-bond acceptors (Lipinski definition) is 5. The van der Waals surface area contributed by atoms with Crippen molar-refractivity contribution < 1.29 is 23.8 Å². The van der Waals surface area contributed by atoms with Gasteiger partial charge in [0, 0.05) is 16.8 Å². The summed E-state index contributed by atoms with van der Waals surface area (Å²) in [4.78, 5) is 23.5. The molecular formula is C17H16ClN3O5. The number of anilines is 1. The van der Waals surface area contributed by atoms with Crippen LogP contribution in [0.15, 0.2) is 36.4 Å². The molecule has 0 saturated carbocycles. The van der Waals surface area contributed by atoms with E-state index in [0.29, 0.717) is 28.0 Å². The van der Waals surface area contributed by atoms with Crippen molar-refractivity contribution >= 4 is 29.2 Å². The van der Waals surface area contributed by atoms with Crippen molar-refractivity contribution in [3.8, 4) is 17.2 Å². The maximum absolute atomic E-state index is 11.8. The lowest BCUT2D eigenvalue weighted by molar-refractivity contribution is -0.123. The molecule has 0 fully saturated rings. The molecule has 3 amide bonds. The van der Waals surface area contributed by atoms with Crippen molar-refractivity contribution in [1.29, 1.82) is 0 Å². The van der Waals surface area contributed by atoms with Crippen LogP contribution in [-0.4, -0.2) is 25.3 Å². The smallest absolute Gasteiger partial charge is 0.337 e. The van der Waals surface area contributed by atoms with E-state index in [0.717, 1.165) is 5.56 Å². The molecule has 1 heterocycles. The van der Waals surface area contributed by atoms with Gasteiger partial charge in [-0.2, -0.15) is 0 Å². The van der Waals surface area contributed by atoms with E-state index in [1.54, 1.807) is 36.4 Å². The molecule has 136 valence electrons. The number of amides is 3. The fourth-order valence-electron chi connectivity index (χ4n) is 2.11. The van der Waals surface area contributed by atoms with Gasteiger partial charge in [0.2, 0.25) is 6.79 Å². The second-order valence-electron chi connectivity index (χ2n) is 5.40. The summed E-state index contributed by atoms with van der Waals surface area (Å²) in [6.07, 6.45) is 0. The second-order valence-corrected chi connectivity index (χ2v) is 5.80. The zero-order chi connectivity index (χ0) is 18.5. The van der Waals surface area contributed by atoms with Crippen molar-refractivity contribution in [2.24, 2.45) is 0 Å². The number of aryl methyl sites for hydroxylation is 1. The number of nitrogens with one attached hydrogen (secondary N) is 3. The highest BCUT2D eigenvalue weighted by Gasteiger charge is 2.14. The van der Waals surface area contributed by atoms with Crippen molar-refractivity contribution in [1.82, 2.24) is 10.9 Å². The summed E-state index contributed by atoms with van der Waals surface area (Å²) in [7, 11) is 0. The predicted octanol–water partition coefficient (Wildman–Crippen LogP) is 2.61. The van der Waals surface area contributed by atoms with Gasteiger partial charge in [0.25, 0.3) is 5.91 Å². The molecule has 3 N–H and O–H groups in total. The van der Waals surface area contributed by atoms with E-state index in [1.807, 2.05) is 6.92 Å². The zero-order valence-electron chi connectivity index (χ0n) is 13.8. The van der Waals surface area contributed by atoms with Crippen LogP contribution in [0.2, 0.25) is 5.02 Å². The molecule has 0 bridgehead atoms. The van der Waals surface area contributed by atoms with Crippen LogP contribution in [0.1, 0.15) is 5.56 Å². The standard InChI is InChI=1S/C17H16ClN3O5/c1-10-2-3-11(6-13(10)18)19-17(23)21-20-16(22)8-24-12-4-5-14-15(7-12)26-9-25-14/h2-7H,8-9H2,1H3,(H,20,22)(H2,19,21,23). The summed E-state index contributed by atoms with van der Waals surface area (Å²) < 4.78 is 15.7. The number of carbonyl (C=O) groups excluding carboxylic acids is 2. The number of benzene rings is 2. The average Bonchev–Trinajstić information content (AvgIpc) is 3.09. The van der Waals surface area contributed by atoms with Crippen molar-refractivity contribution in [2.45, 2.75) is 6.92 Å². The van der Waals surface area contributed by atoms with Crippen molar-refractivity contribution in [3.05, 3.63) is 47.0 Å². The van der Waals surface area contributed by atoms with Crippen LogP contribution in [0.3, 0.4) is 0 Å². The lowest BCUT2D eigenvalue weighted by Crippen LogP contribution is -2.45. The molecule has 2 aromatic carbocycles. The molecule has 0 aromatic heterocycles. The summed E-state index contributed by atoms with van der Waals surface area (Å²) in [6.45, 7) is 1.73. The molecular weight excluding hydrogens is 362 g/mol. The third-order valence-corrected chi connectivity index (χ3v) is 3.87. The van der Waals surface area contributed by atoms with Gasteiger partial charge in [-0.05, 0) is 36.8 Å². The Morgan fingerprint density at radius 1 is 1.12 bits per heavy atom. The second kappa shape index (κ2) is 7.83. The first-order valence-corrected chi connectivity index (χ1v) is 8.03. The monoisotopic (exact) mass is 377 g/mol. The fourth-order valence-corrected chi connectivity index (χ4v) is 2.29. The summed E-state index contributed by atoms with van der Waals surface area (Å²) in [5, 5.41) is 3.08. The quantitative estimate of drug-likeness (QED) is 0.711. The summed E-state index contributed by atoms with van der Waals surface area (Å²) in [5.74, 6) is 1.09. The van der Waals surface area contributed by atoms with E-state index in [2.05, 4.69) is 16.2 Å². The topological polar surface area (TPSA) is 97.9 Å². The van der Waals surface area contributed by atoms with Crippen molar-refractivity contribution in [2.75, 3.05) is 18.7 Å². The third kappa shape index (κ3) is 4.48. The van der Waals surface area contributed by atoms with Crippen LogP contribution in [0.5, 0.6) is 17.2 Å². The Hall–Kier alpha value is -3.13. The Kier molecular flexibility index (Phi) is 5.33. The van der Waals surface area contributed by atoms with Crippen LogP contribution in [0, 0.1) is 6.92 Å². The van der Waals surface area contributed by atoms with Crippen LogP contribution in [0.4, 0.5) is 10.5 Å². The largest absolute Gasteiger partial charge is 0.484 e. The minimum atomic E-state index is -0.610. The first-order chi connectivity index (χ1) is 12.5. The lowest BCUT2D eigenvalue weighted by Gasteiger charge is -2.10. The number of rotatable bonds is 4. The van der Waals surface area contributed by atoms with Crippen molar-refractivity contribution in [3.63, 3.8) is 0 Å². The van der Waals surface area contributed by atoms with Gasteiger partial charge in [-0.15, -0.1) is 0 Å². The molecule has 1 aliphatic heterocycles. The first kappa shape index (κ1) is 17.7. The minimum Gasteiger partial charge on any atom is -0.484 e. The lowest BCUT2D eigenvalue weighted by atomic mass is 10.2. The van der Waals surface area contributed by atoms with Gasteiger partial charge in [-0.3, -0.25) is 10.2 Å². The summed E-state index contributed by atoms with van der Waals surface area (Å²) in [5.41, 5.74) is 5.86. The van der Waals surface area contributed by atoms with Crippen LogP contribution in [0.25, 0.3) is 0 Å². The van der Waals surface area contributed by atoms with E-state index in [-0.39, 0.29) is 13.4 Å². The summed E-state index contributed by atoms with van der Waals surface area (Å²) in [6, 6.07) is 9.44. The Bertz CT molecular complexity index is 843. The molecule has 0 spiro atoms. The number of hydrazine groups is 1. The number of urea groups is 1. The number of carbonyl (C=O) groups is 2. The molecule has 0 aliphatic carbocycles. The van der Waals surface area contributed by atoms with Crippen LogP contribution < -0.4 is 30.4 Å². The van der Waals surface area contributed by atoms with Gasteiger partial charge in [0.05, 0.1) is 0 Å². The van der Waals surface area contributed by atoms with Crippen LogP contribution in [-0.2, 0) is 4.79 Å². The molecule has 8 nitrogen and oxygen atoms in total. The Labute approximate surface area is 154 Å². The SMILES string of the molecule is Cc1ccc(NC(=O)NNC(=O)COc2ccc3c(c2)OCO3)cc1Cl. The van der Waals surface area contributed by atoms with E-state index in [1.165, 1.54) is 0 Å². The molecule has 0 saturated heterocycles. The van der Waals surface area contributed by atoms with Gasteiger partial charge in [0.1, 0.15) is 5.75 Å². The Morgan fingerprint density at radius 2 is 1.92 bits per heavy atom. The van der Waals surface area contributed by atoms with Gasteiger partial charge in [0.15, 0.2) is 18.1 Å². The highest BCUT2D eigenvalue weighted by atomic mass is 35.5. The van der Waals surface area contributed by atoms with E-state index in [4.69, 9.17) is 25.8 Å². The average molecular weight is 378 g/mol. The van der Waals surface area contributed by atoms with Gasteiger partial charge in [-0.25, -0.2) is 10.2 Å². The zero-order valence-corrected chi connectivity index (χ0v) is 14.6. The van der Waals surface area contributed by atoms with E-state index >= 15 is 0 Å². The van der Waals surface area contributed by atoms with E-state index < -0.39 is 11.9 Å². The molecule has 3 rings (SSSR count). The molecule has 2 aromatic rings. The molecule has 9 heteroatoms. The normalized spacial score (nSPS) is 11.6. The number of halogens is 1. The fraction of sp³-hybridized carbons (Fsp3) is 0.176. The van der Waals surface area contributed by atoms with Gasteiger partial charge < -0.3 is 19.5 Å². The maximum atomic E-state index is 11.8. The molecule has 0 atom stereocenters. The number of ether oxygens (including phenoxy) is 3. The van der Waals surface area contributed by atoms with Gasteiger partial charge >= 0.3 is 6.03 Å². The third-order valence-electron chi connectivity index (χ3n) is 3.46. The van der Waals surface area contributed by atoms with Crippen LogP contribution >= 0.6 is 11.6 Å². The minimum absolute atomic E-state index is 0.157. The first-order valence-electron chi connectivity index (χ1n) is 7.66. The summed E-state index contributed by atoms with van der Waals surface area (Å²) >= 11 is 5.98. The Balaban J connectivity index is 1.42. The Morgan fingerprint density at radius 3 is 2.73 bits per heavy atom. The van der Waals surface area contributed by atoms with E-state index in [9.17, 15) is 9.59 Å². The number of hydrogen-bond donors (Lipinski definition) is 3. The highest BCUT2D eigenvalue weighted by molar-refractivity contribution is 6.31. The highest BCUT2D eigenvalue weighted by Crippen LogP contribution is 2.34. The predicted molar refractivity (Wildman–Crippen MR) is 94.5 cm³/mol. The number of fused-ring (bicyclic) bond motifs is 1. The molecule has 26 heavy (non-hydrogen) atoms. The molecule has 0 unspecified atom stereocenters. The maximum Gasteiger partial charge on any atom is 0.337 e. The van der Waals surface area contributed by atoms with Gasteiger partial charge in [-0.1, -0.05) is 17.7 Å².